The molecule has 1 aliphatic heterocycles. The molecule has 2 aromatic carbocycles. The molecule has 4 rings (SSSR count). The number of rotatable bonds is 10. The third-order valence-corrected chi connectivity index (χ3v) is 7.49. The average Bonchev–Trinajstić information content (AvgIpc) is 3.39. The van der Waals surface area contributed by atoms with Crippen LogP contribution in [0.3, 0.4) is 0 Å². The Morgan fingerprint density at radius 2 is 1.93 bits per heavy atom. The lowest BCUT2D eigenvalue weighted by Crippen LogP contribution is -2.60. The van der Waals surface area contributed by atoms with E-state index >= 15 is 0 Å². The summed E-state index contributed by atoms with van der Waals surface area (Å²) in [6, 6.07) is 12.6. The summed E-state index contributed by atoms with van der Waals surface area (Å²) in [4.78, 5) is 25.1. The van der Waals surface area contributed by atoms with Crippen molar-refractivity contribution < 1.29 is 31.8 Å². The Morgan fingerprint density at radius 3 is 2.50 bits per heavy atom. The number of aromatic amines is 1. The lowest BCUT2D eigenvalue weighted by molar-refractivity contribution is -0.146. The van der Waals surface area contributed by atoms with E-state index in [0.29, 0.717) is 12.8 Å². The molecule has 1 aromatic heterocycles. The highest BCUT2D eigenvalue weighted by molar-refractivity contribution is 5.70. The maximum atomic E-state index is 13.4. The minimum atomic E-state index is -4.62. The maximum Gasteiger partial charge on any atom is 0.416 e. The molecule has 0 radical (unpaired) electrons. The summed E-state index contributed by atoms with van der Waals surface area (Å²) in [5.74, 6) is -0.456. The second kappa shape index (κ2) is 11.9. The van der Waals surface area contributed by atoms with Crippen LogP contribution >= 0.6 is 0 Å². The molecule has 2 heterocycles. The van der Waals surface area contributed by atoms with E-state index in [9.17, 15) is 27.2 Å². The van der Waals surface area contributed by atoms with Gasteiger partial charge in [-0.15, -0.1) is 0 Å². The number of piperidine rings is 1. The van der Waals surface area contributed by atoms with Crippen LogP contribution in [-0.2, 0) is 38.2 Å². The first-order valence-corrected chi connectivity index (χ1v) is 13.0. The number of carbonyl (C=O) groups is 1. The minimum Gasteiger partial charge on any atom is -0.466 e. The Hall–Kier alpha value is -3.51. The van der Waals surface area contributed by atoms with E-state index in [1.54, 1.807) is 13.8 Å². The van der Waals surface area contributed by atoms with Gasteiger partial charge in [0.2, 0.25) is 0 Å². The number of hydrogen-bond donors (Lipinski definition) is 2. The fourth-order valence-corrected chi connectivity index (χ4v) is 5.23. The molecule has 12 heteroatoms. The highest BCUT2D eigenvalue weighted by Crippen LogP contribution is 2.40. The molecule has 0 aliphatic carbocycles. The van der Waals surface area contributed by atoms with Crippen LogP contribution in [0, 0.1) is 0 Å². The smallest absolute Gasteiger partial charge is 0.416 e. The first-order valence-electron chi connectivity index (χ1n) is 13.0. The number of aromatic nitrogens is 3. The number of nitrogens with one attached hydrogen (secondary N) is 2. The predicted molar refractivity (Wildman–Crippen MR) is 138 cm³/mol. The van der Waals surface area contributed by atoms with Gasteiger partial charge in [-0.05, 0) is 55.5 Å². The van der Waals surface area contributed by atoms with Gasteiger partial charge in [-0.1, -0.05) is 36.4 Å². The van der Waals surface area contributed by atoms with Gasteiger partial charge in [-0.3, -0.25) is 9.36 Å². The zero-order valence-electron chi connectivity index (χ0n) is 22.3. The van der Waals surface area contributed by atoms with Gasteiger partial charge in [-0.2, -0.15) is 18.3 Å². The molecule has 1 aliphatic rings. The monoisotopic (exact) mass is 564 g/mol. The van der Waals surface area contributed by atoms with Crippen LogP contribution in [0.25, 0.3) is 0 Å². The molecule has 0 amide bonds. The Bertz CT molecular complexity index is 1350. The van der Waals surface area contributed by atoms with Crippen molar-refractivity contribution in [2.24, 2.45) is 0 Å². The summed E-state index contributed by atoms with van der Waals surface area (Å²) in [6.45, 7) is 2.74. The molecule has 0 spiro atoms. The van der Waals surface area contributed by atoms with Crippen LogP contribution < -0.4 is 11.0 Å². The molecule has 0 saturated carbocycles. The second-order valence-corrected chi connectivity index (χ2v) is 10.1. The standard InChI is InChI=1S/C28H32F4N4O4/c1-3-39-24(37)14-26(36-18-34-35-25(36)38)9-10-27(33-16-26,22-7-5-4-6-8-22)17-40-19(2)21-11-20(15-29)12-23(13-21)28(30,31)32/h4-8,11-13,18-19,33H,3,9-10,14-17H2,1-2H3,(H,35,38)/t19-,26-,27-/m1/s1. The molecular weight excluding hydrogens is 532 g/mol. The molecule has 1 saturated heterocycles. The van der Waals surface area contributed by atoms with Gasteiger partial charge in [0.15, 0.2) is 0 Å². The van der Waals surface area contributed by atoms with Crippen molar-refractivity contribution in [2.75, 3.05) is 19.8 Å². The summed E-state index contributed by atoms with van der Waals surface area (Å²) in [5.41, 5.74) is -2.14. The molecule has 3 aromatic rings. The molecule has 0 unspecified atom stereocenters. The number of halogens is 4. The molecule has 2 N–H and O–H groups in total. The van der Waals surface area contributed by atoms with Crippen molar-refractivity contribution in [1.82, 2.24) is 20.1 Å². The van der Waals surface area contributed by atoms with E-state index in [-0.39, 0.29) is 37.3 Å². The van der Waals surface area contributed by atoms with E-state index < -0.39 is 47.3 Å². The second-order valence-electron chi connectivity index (χ2n) is 10.1. The van der Waals surface area contributed by atoms with Crippen LogP contribution in [0.4, 0.5) is 17.6 Å². The number of alkyl halides is 4. The normalized spacial score (nSPS) is 22.1. The molecule has 8 nitrogen and oxygen atoms in total. The first-order chi connectivity index (χ1) is 19.0. The third-order valence-electron chi connectivity index (χ3n) is 7.49. The van der Waals surface area contributed by atoms with Crippen molar-refractivity contribution >= 4 is 5.97 Å². The van der Waals surface area contributed by atoms with Gasteiger partial charge < -0.3 is 14.8 Å². The van der Waals surface area contributed by atoms with Crippen LogP contribution in [0.5, 0.6) is 0 Å². The van der Waals surface area contributed by atoms with Crippen LogP contribution in [0.1, 0.15) is 61.5 Å². The lowest BCUT2D eigenvalue weighted by Gasteiger charge is -2.47. The molecule has 1 fully saturated rings. The summed E-state index contributed by atoms with van der Waals surface area (Å²) >= 11 is 0. The minimum absolute atomic E-state index is 0.0638. The van der Waals surface area contributed by atoms with Crippen LogP contribution in [0.15, 0.2) is 59.7 Å². The van der Waals surface area contributed by atoms with Crippen LogP contribution in [-0.4, -0.2) is 40.5 Å². The van der Waals surface area contributed by atoms with E-state index in [2.05, 4.69) is 15.5 Å². The first kappa shape index (κ1) is 29.5. The number of carbonyl (C=O) groups excluding carboxylic acids is 1. The lowest BCUT2D eigenvalue weighted by atomic mass is 9.75. The summed E-state index contributed by atoms with van der Waals surface area (Å²) < 4.78 is 66.4. The number of nitrogens with zero attached hydrogens (tertiary/aromatic N) is 2. The van der Waals surface area contributed by atoms with E-state index in [4.69, 9.17) is 9.47 Å². The summed E-state index contributed by atoms with van der Waals surface area (Å²) in [7, 11) is 0. The third kappa shape index (κ3) is 6.28. The zero-order chi connectivity index (χ0) is 29.0. The largest absolute Gasteiger partial charge is 0.466 e. The number of hydrogen-bond acceptors (Lipinski definition) is 6. The average molecular weight is 565 g/mol. The van der Waals surface area contributed by atoms with Gasteiger partial charge >= 0.3 is 17.8 Å². The van der Waals surface area contributed by atoms with Gasteiger partial charge in [0.1, 0.15) is 13.0 Å². The molecule has 3 atom stereocenters. The van der Waals surface area contributed by atoms with Gasteiger partial charge in [-0.25, -0.2) is 14.3 Å². The summed E-state index contributed by atoms with van der Waals surface area (Å²) in [5, 5.41) is 9.71. The summed E-state index contributed by atoms with van der Waals surface area (Å²) in [6.07, 6.45) is -3.32. The Kier molecular flexibility index (Phi) is 8.79. The van der Waals surface area contributed by atoms with Gasteiger partial charge in [0.05, 0.1) is 42.4 Å². The zero-order valence-corrected chi connectivity index (χ0v) is 22.3. The van der Waals surface area contributed by atoms with Crippen molar-refractivity contribution in [2.45, 2.75) is 63.1 Å². The van der Waals surface area contributed by atoms with E-state index in [0.717, 1.165) is 17.7 Å². The Morgan fingerprint density at radius 1 is 1.18 bits per heavy atom. The Balaban J connectivity index is 1.62. The van der Waals surface area contributed by atoms with Crippen molar-refractivity contribution in [3.8, 4) is 0 Å². The van der Waals surface area contributed by atoms with Crippen LogP contribution in [0.2, 0.25) is 0 Å². The number of esters is 1. The quantitative estimate of drug-likeness (QED) is 0.272. The SMILES string of the molecule is CCOC(=O)C[C@]1(n2cn[nH]c2=O)CC[C@@](CO[C@H](C)c2cc(CF)cc(C(F)(F)F)c2)(c2ccccc2)NC1. The van der Waals surface area contributed by atoms with Gasteiger partial charge in [0, 0.05) is 6.54 Å². The number of H-pyrrole nitrogens is 1. The van der Waals surface area contributed by atoms with Gasteiger partial charge in [0.25, 0.3) is 0 Å². The molecule has 40 heavy (non-hydrogen) atoms. The number of benzene rings is 2. The highest BCUT2D eigenvalue weighted by atomic mass is 19.4. The highest BCUT2D eigenvalue weighted by Gasteiger charge is 2.47. The van der Waals surface area contributed by atoms with E-state index in [1.165, 1.54) is 17.0 Å². The molecule has 0 bridgehead atoms. The topological polar surface area (TPSA) is 98.2 Å². The van der Waals surface area contributed by atoms with Crippen molar-refractivity contribution in [3.05, 3.63) is 87.6 Å². The molecule has 216 valence electrons. The Labute approximate surface area is 228 Å². The number of ether oxygens (including phenoxy) is 2. The maximum absolute atomic E-state index is 13.4. The molecular formula is C28H32F4N4O4. The van der Waals surface area contributed by atoms with Crippen molar-refractivity contribution in [3.63, 3.8) is 0 Å². The van der Waals surface area contributed by atoms with E-state index in [1.807, 2.05) is 30.3 Å². The predicted octanol–water partition coefficient (Wildman–Crippen LogP) is 4.76. The fraction of sp³-hybridized carbons (Fsp3) is 0.464. The fourth-order valence-electron chi connectivity index (χ4n) is 5.23. The van der Waals surface area contributed by atoms with Crippen molar-refractivity contribution in [1.29, 1.82) is 0 Å².